The van der Waals surface area contributed by atoms with Crippen LogP contribution in [0.25, 0.3) is 0 Å². The summed E-state index contributed by atoms with van der Waals surface area (Å²) < 4.78 is 11.1. The normalized spacial score (nSPS) is 21.1. The number of carbonyl (C=O) groups excluding carboxylic acids is 1. The molecule has 1 atom stereocenters. The number of rotatable bonds is 4. The molecule has 1 aliphatic heterocycles. The quantitative estimate of drug-likeness (QED) is 0.856. The van der Waals surface area contributed by atoms with Crippen molar-refractivity contribution in [2.75, 3.05) is 19.8 Å². The third kappa shape index (κ3) is 3.97. The molecule has 0 N–H and O–H groups in total. The van der Waals surface area contributed by atoms with Crippen LogP contribution >= 0.6 is 0 Å². The van der Waals surface area contributed by atoms with Crippen LogP contribution in [0.5, 0.6) is 5.75 Å². The van der Waals surface area contributed by atoms with Crippen LogP contribution in [-0.2, 0) is 16.0 Å². The molecule has 0 bridgehead atoms. The van der Waals surface area contributed by atoms with Gasteiger partial charge in [0.15, 0.2) is 0 Å². The summed E-state index contributed by atoms with van der Waals surface area (Å²) in [7, 11) is 0. The maximum Gasteiger partial charge on any atom is 0.227 e. The van der Waals surface area contributed by atoms with Crippen molar-refractivity contribution < 1.29 is 14.3 Å². The van der Waals surface area contributed by atoms with E-state index in [1.807, 2.05) is 43.0 Å². The summed E-state index contributed by atoms with van der Waals surface area (Å²) in [5, 5.41) is 0. The lowest BCUT2D eigenvalue weighted by atomic mass is 9.99. The molecule has 1 aromatic carbocycles. The van der Waals surface area contributed by atoms with E-state index in [1.165, 1.54) is 0 Å². The Morgan fingerprint density at radius 1 is 1.38 bits per heavy atom. The summed E-state index contributed by atoms with van der Waals surface area (Å²) in [5.74, 6) is 0.994. The van der Waals surface area contributed by atoms with Gasteiger partial charge in [0.1, 0.15) is 5.75 Å². The van der Waals surface area contributed by atoms with Gasteiger partial charge < -0.3 is 14.4 Å². The summed E-state index contributed by atoms with van der Waals surface area (Å²) >= 11 is 0. The van der Waals surface area contributed by atoms with Crippen LogP contribution < -0.4 is 4.74 Å². The lowest BCUT2D eigenvalue weighted by molar-refractivity contribution is -0.152. The number of amides is 1. The van der Waals surface area contributed by atoms with Crippen molar-refractivity contribution in [3.63, 3.8) is 0 Å². The smallest absolute Gasteiger partial charge is 0.227 e. The van der Waals surface area contributed by atoms with Crippen molar-refractivity contribution in [2.24, 2.45) is 0 Å². The van der Waals surface area contributed by atoms with Crippen molar-refractivity contribution in [3.8, 4) is 5.75 Å². The molecular weight excluding hydrogens is 266 g/mol. The fraction of sp³-hybridized carbons (Fsp3) is 0.588. The number of carbonyl (C=O) groups is 1. The van der Waals surface area contributed by atoms with Gasteiger partial charge in [0, 0.05) is 6.54 Å². The number of benzene rings is 1. The number of hydrogen-bond acceptors (Lipinski definition) is 3. The molecule has 1 fully saturated rings. The minimum Gasteiger partial charge on any atom is -0.494 e. The zero-order chi connectivity index (χ0) is 15.5. The summed E-state index contributed by atoms with van der Waals surface area (Å²) in [6, 6.07) is 7.75. The zero-order valence-corrected chi connectivity index (χ0v) is 13.4. The third-order valence-electron chi connectivity index (χ3n) is 3.78. The average Bonchev–Trinajstić information content (AvgIpc) is 2.44. The maximum absolute atomic E-state index is 12.6. The SMILES string of the molecule is CCOc1ccc(CC(=O)N2CC(C)OCC2(C)C)cc1. The van der Waals surface area contributed by atoms with E-state index >= 15 is 0 Å². The van der Waals surface area contributed by atoms with Gasteiger partial charge in [-0.25, -0.2) is 0 Å². The van der Waals surface area contributed by atoms with Crippen LogP contribution in [0, 0.1) is 0 Å². The van der Waals surface area contributed by atoms with Crippen molar-refractivity contribution in [3.05, 3.63) is 29.8 Å². The first kappa shape index (κ1) is 15.8. The minimum atomic E-state index is -0.241. The fourth-order valence-corrected chi connectivity index (χ4v) is 2.56. The van der Waals surface area contributed by atoms with E-state index in [0.29, 0.717) is 26.2 Å². The minimum absolute atomic E-state index is 0.0994. The molecule has 21 heavy (non-hydrogen) atoms. The molecule has 4 heteroatoms. The van der Waals surface area contributed by atoms with Gasteiger partial charge in [-0.15, -0.1) is 0 Å². The van der Waals surface area contributed by atoms with Crippen molar-refractivity contribution >= 4 is 5.91 Å². The molecule has 0 spiro atoms. The Morgan fingerprint density at radius 3 is 2.67 bits per heavy atom. The van der Waals surface area contributed by atoms with Crippen LogP contribution in [0.2, 0.25) is 0 Å². The van der Waals surface area contributed by atoms with Gasteiger partial charge in [-0.1, -0.05) is 12.1 Å². The first-order valence-corrected chi connectivity index (χ1v) is 7.56. The molecule has 0 saturated carbocycles. The van der Waals surface area contributed by atoms with E-state index < -0.39 is 0 Å². The number of hydrogen-bond donors (Lipinski definition) is 0. The van der Waals surface area contributed by atoms with Gasteiger partial charge in [0.05, 0.1) is 31.3 Å². The molecule has 1 aliphatic rings. The molecule has 2 rings (SSSR count). The standard InChI is InChI=1S/C17H25NO3/c1-5-20-15-8-6-14(7-9-15)10-16(19)18-11-13(2)21-12-17(18,3)4/h6-9,13H,5,10-12H2,1-4H3. The Kier molecular flexibility index (Phi) is 4.88. The summed E-state index contributed by atoms with van der Waals surface area (Å²) in [4.78, 5) is 14.5. The third-order valence-corrected chi connectivity index (χ3v) is 3.78. The molecule has 0 aromatic heterocycles. The zero-order valence-electron chi connectivity index (χ0n) is 13.4. The monoisotopic (exact) mass is 291 g/mol. The average molecular weight is 291 g/mol. The molecule has 1 heterocycles. The molecule has 4 nitrogen and oxygen atoms in total. The number of morpholine rings is 1. The highest BCUT2D eigenvalue weighted by Gasteiger charge is 2.36. The lowest BCUT2D eigenvalue weighted by Crippen LogP contribution is -2.58. The highest BCUT2D eigenvalue weighted by molar-refractivity contribution is 5.79. The second-order valence-corrected chi connectivity index (χ2v) is 6.19. The summed E-state index contributed by atoms with van der Waals surface area (Å²) in [5.41, 5.74) is 0.771. The van der Waals surface area contributed by atoms with Crippen LogP contribution in [0.3, 0.4) is 0 Å². The second kappa shape index (κ2) is 6.48. The Balaban J connectivity index is 2.02. The second-order valence-electron chi connectivity index (χ2n) is 6.19. The van der Waals surface area contributed by atoms with Crippen molar-refractivity contribution in [1.82, 2.24) is 4.90 Å². The molecule has 0 aliphatic carbocycles. The molecule has 1 unspecified atom stereocenters. The Bertz CT molecular complexity index is 481. The van der Waals surface area contributed by atoms with Crippen molar-refractivity contribution in [1.29, 1.82) is 0 Å². The first-order valence-electron chi connectivity index (χ1n) is 7.56. The van der Waals surface area contributed by atoms with Crippen LogP contribution in [0.1, 0.15) is 33.3 Å². The molecule has 0 radical (unpaired) electrons. The topological polar surface area (TPSA) is 38.8 Å². The maximum atomic E-state index is 12.6. The Labute approximate surface area is 127 Å². The Hall–Kier alpha value is -1.55. The van der Waals surface area contributed by atoms with Gasteiger partial charge in [0.25, 0.3) is 0 Å². The first-order chi connectivity index (χ1) is 9.92. The number of ether oxygens (including phenoxy) is 2. The highest BCUT2D eigenvalue weighted by Crippen LogP contribution is 2.23. The van der Waals surface area contributed by atoms with Crippen LogP contribution in [0.4, 0.5) is 0 Å². The predicted molar refractivity (Wildman–Crippen MR) is 82.5 cm³/mol. The molecule has 1 saturated heterocycles. The van der Waals surface area contributed by atoms with Crippen molar-refractivity contribution in [2.45, 2.75) is 45.8 Å². The largest absolute Gasteiger partial charge is 0.494 e. The van der Waals surface area contributed by atoms with Gasteiger partial charge >= 0.3 is 0 Å². The van der Waals surface area contributed by atoms with E-state index in [4.69, 9.17) is 9.47 Å². The van der Waals surface area contributed by atoms with Gasteiger partial charge in [-0.2, -0.15) is 0 Å². The predicted octanol–water partition coefficient (Wildman–Crippen LogP) is 2.65. The molecule has 1 aromatic rings. The van der Waals surface area contributed by atoms with E-state index in [2.05, 4.69) is 13.8 Å². The highest BCUT2D eigenvalue weighted by atomic mass is 16.5. The van der Waals surface area contributed by atoms with E-state index in [-0.39, 0.29) is 17.6 Å². The van der Waals surface area contributed by atoms with Gasteiger partial charge in [-0.3, -0.25) is 4.79 Å². The van der Waals surface area contributed by atoms with Crippen LogP contribution in [-0.4, -0.2) is 42.2 Å². The molecule has 116 valence electrons. The number of nitrogens with zero attached hydrogens (tertiary/aromatic N) is 1. The van der Waals surface area contributed by atoms with E-state index in [0.717, 1.165) is 11.3 Å². The summed E-state index contributed by atoms with van der Waals surface area (Å²) in [6.07, 6.45) is 0.519. The molecular formula is C17H25NO3. The van der Waals surface area contributed by atoms with E-state index in [9.17, 15) is 4.79 Å². The van der Waals surface area contributed by atoms with Gasteiger partial charge in [0.2, 0.25) is 5.91 Å². The summed E-state index contributed by atoms with van der Waals surface area (Å²) in [6.45, 7) is 9.96. The fourth-order valence-electron chi connectivity index (χ4n) is 2.56. The van der Waals surface area contributed by atoms with Crippen LogP contribution in [0.15, 0.2) is 24.3 Å². The Morgan fingerprint density at radius 2 is 2.05 bits per heavy atom. The molecule has 1 amide bonds. The van der Waals surface area contributed by atoms with E-state index in [1.54, 1.807) is 0 Å². The lowest BCUT2D eigenvalue weighted by Gasteiger charge is -2.44. The van der Waals surface area contributed by atoms with Gasteiger partial charge in [-0.05, 0) is 45.4 Å².